The van der Waals surface area contributed by atoms with Gasteiger partial charge in [-0.25, -0.2) is 9.97 Å². The molecule has 1 N–H and O–H groups in total. The fourth-order valence-electron chi connectivity index (χ4n) is 6.32. The summed E-state index contributed by atoms with van der Waals surface area (Å²) in [5.41, 5.74) is 6.30. The summed E-state index contributed by atoms with van der Waals surface area (Å²) in [7, 11) is 2.20. The van der Waals surface area contributed by atoms with Gasteiger partial charge in [-0.15, -0.1) is 0 Å². The second-order valence-electron chi connectivity index (χ2n) is 11.7. The number of hydrogen-bond acceptors (Lipinski definition) is 7. The van der Waals surface area contributed by atoms with Crippen LogP contribution in [0.4, 0.5) is 11.5 Å². The van der Waals surface area contributed by atoms with Gasteiger partial charge in [0.2, 0.25) is 0 Å². The Kier molecular flexibility index (Phi) is 8.91. The maximum absolute atomic E-state index is 5.18. The molecule has 0 atom stereocenters. The Balaban J connectivity index is 1.19. The number of nitrogens with one attached hydrogen (secondary N) is 1. The molecular formula is C33H45N7. The predicted molar refractivity (Wildman–Crippen MR) is 165 cm³/mol. The first kappa shape index (κ1) is 27.2. The van der Waals surface area contributed by atoms with Gasteiger partial charge in [0.25, 0.3) is 0 Å². The van der Waals surface area contributed by atoms with Crippen molar-refractivity contribution in [3.63, 3.8) is 0 Å². The van der Waals surface area contributed by atoms with Crippen LogP contribution in [0.25, 0.3) is 11.4 Å². The monoisotopic (exact) mass is 539 g/mol. The molecule has 6 rings (SSSR count). The van der Waals surface area contributed by atoms with Crippen LogP contribution in [0.2, 0.25) is 0 Å². The summed E-state index contributed by atoms with van der Waals surface area (Å²) in [4.78, 5) is 20.4. The molecule has 40 heavy (non-hydrogen) atoms. The van der Waals surface area contributed by atoms with Crippen molar-refractivity contribution in [3.8, 4) is 11.4 Å². The van der Waals surface area contributed by atoms with Crippen LogP contribution in [-0.2, 0) is 19.4 Å². The molecule has 212 valence electrons. The summed E-state index contributed by atoms with van der Waals surface area (Å²) in [6, 6.07) is 19.8. The summed E-state index contributed by atoms with van der Waals surface area (Å²) >= 11 is 0. The number of anilines is 2. The van der Waals surface area contributed by atoms with Crippen LogP contribution < -0.4 is 10.2 Å². The maximum Gasteiger partial charge on any atom is 0.161 e. The van der Waals surface area contributed by atoms with E-state index in [2.05, 4.69) is 86.6 Å². The van der Waals surface area contributed by atoms with Crippen molar-refractivity contribution < 1.29 is 0 Å². The molecule has 3 aliphatic heterocycles. The van der Waals surface area contributed by atoms with E-state index in [-0.39, 0.29) is 0 Å². The largest absolute Gasteiger partial charge is 0.370 e. The molecule has 1 aromatic heterocycles. The Bertz CT molecular complexity index is 1220. The Morgan fingerprint density at radius 1 is 0.750 bits per heavy atom. The van der Waals surface area contributed by atoms with Crippen LogP contribution in [0.1, 0.15) is 36.1 Å². The SMILES string of the molecule is CN1CCN(c2ccc(-c3nc4c(c(NCCCN5CCCC5)n3)CCN(Cc3ccccc3)CC4)cc2)CC1. The quantitative estimate of drug-likeness (QED) is 0.405. The number of fused-ring (bicyclic) bond motifs is 1. The van der Waals surface area contributed by atoms with E-state index >= 15 is 0 Å². The van der Waals surface area contributed by atoms with Gasteiger partial charge in [0, 0.05) is 75.6 Å². The highest BCUT2D eigenvalue weighted by Crippen LogP contribution is 2.28. The van der Waals surface area contributed by atoms with Crippen molar-refractivity contribution in [2.45, 2.75) is 38.6 Å². The maximum atomic E-state index is 5.18. The fraction of sp³-hybridized carbons (Fsp3) is 0.515. The molecule has 2 saturated heterocycles. The molecule has 3 aliphatic rings. The molecule has 2 aromatic carbocycles. The number of piperazine rings is 1. The molecule has 2 fully saturated rings. The molecule has 0 aliphatic carbocycles. The minimum absolute atomic E-state index is 0.849. The van der Waals surface area contributed by atoms with E-state index in [0.29, 0.717) is 0 Å². The number of aromatic nitrogens is 2. The molecule has 4 heterocycles. The molecule has 0 unspecified atom stereocenters. The summed E-state index contributed by atoms with van der Waals surface area (Å²) < 4.78 is 0. The second kappa shape index (κ2) is 13.1. The molecule has 0 bridgehead atoms. The summed E-state index contributed by atoms with van der Waals surface area (Å²) in [5, 5.41) is 3.76. The smallest absolute Gasteiger partial charge is 0.161 e. The van der Waals surface area contributed by atoms with Gasteiger partial charge in [0.05, 0.1) is 5.69 Å². The third-order valence-corrected chi connectivity index (χ3v) is 8.82. The lowest BCUT2D eigenvalue weighted by atomic mass is 10.1. The van der Waals surface area contributed by atoms with Gasteiger partial charge >= 0.3 is 0 Å². The number of nitrogens with zero attached hydrogens (tertiary/aromatic N) is 6. The molecule has 0 amide bonds. The number of hydrogen-bond donors (Lipinski definition) is 1. The summed E-state index contributed by atoms with van der Waals surface area (Å²) in [6.07, 6.45) is 5.79. The molecule has 7 nitrogen and oxygen atoms in total. The van der Waals surface area contributed by atoms with Crippen molar-refractivity contribution in [2.24, 2.45) is 0 Å². The zero-order valence-electron chi connectivity index (χ0n) is 24.2. The van der Waals surface area contributed by atoms with Crippen molar-refractivity contribution in [1.29, 1.82) is 0 Å². The lowest BCUT2D eigenvalue weighted by molar-refractivity contribution is 0.279. The number of rotatable bonds is 9. The highest BCUT2D eigenvalue weighted by molar-refractivity contribution is 5.63. The molecule has 0 spiro atoms. The van der Waals surface area contributed by atoms with Gasteiger partial charge in [0.1, 0.15) is 5.82 Å². The predicted octanol–water partition coefficient (Wildman–Crippen LogP) is 4.39. The Labute approximate surface area is 240 Å². The van der Waals surface area contributed by atoms with Gasteiger partial charge in [0.15, 0.2) is 5.82 Å². The van der Waals surface area contributed by atoms with E-state index in [1.54, 1.807) is 0 Å². The fourth-order valence-corrected chi connectivity index (χ4v) is 6.32. The Hall–Kier alpha value is -3.00. The van der Waals surface area contributed by atoms with E-state index in [0.717, 1.165) is 88.8 Å². The first-order valence-electron chi connectivity index (χ1n) is 15.4. The number of likely N-dealkylation sites (N-methyl/N-ethyl adjacent to an activating group) is 1. The van der Waals surface area contributed by atoms with Crippen LogP contribution in [0.3, 0.4) is 0 Å². The lowest BCUT2D eigenvalue weighted by Crippen LogP contribution is -2.44. The van der Waals surface area contributed by atoms with E-state index < -0.39 is 0 Å². The van der Waals surface area contributed by atoms with E-state index in [1.165, 1.54) is 55.0 Å². The summed E-state index contributed by atoms with van der Waals surface area (Å²) in [6.45, 7) is 12.1. The molecule has 0 radical (unpaired) electrons. The van der Waals surface area contributed by atoms with Gasteiger partial charge < -0.3 is 20.0 Å². The second-order valence-corrected chi connectivity index (χ2v) is 11.7. The van der Waals surface area contributed by atoms with Gasteiger partial charge in [-0.2, -0.15) is 0 Å². The third kappa shape index (κ3) is 6.82. The van der Waals surface area contributed by atoms with Gasteiger partial charge in [-0.05, 0) is 82.2 Å². The Morgan fingerprint density at radius 2 is 1.50 bits per heavy atom. The zero-order valence-corrected chi connectivity index (χ0v) is 24.2. The van der Waals surface area contributed by atoms with E-state index in [4.69, 9.17) is 9.97 Å². The lowest BCUT2D eigenvalue weighted by Gasteiger charge is -2.34. The topological polar surface area (TPSA) is 50.8 Å². The van der Waals surface area contributed by atoms with E-state index in [9.17, 15) is 0 Å². The van der Waals surface area contributed by atoms with Gasteiger partial charge in [-0.3, -0.25) is 4.90 Å². The van der Waals surface area contributed by atoms with Gasteiger partial charge in [-0.1, -0.05) is 30.3 Å². The van der Waals surface area contributed by atoms with Crippen LogP contribution >= 0.6 is 0 Å². The molecule has 7 heteroatoms. The Morgan fingerprint density at radius 3 is 2.27 bits per heavy atom. The van der Waals surface area contributed by atoms with Crippen molar-refractivity contribution in [2.75, 3.05) is 82.7 Å². The van der Waals surface area contributed by atoms with Crippen LogP contribution in [0, 0.1) is 0 Å². The number of benzene rings is 2. The minimum atomic E-state index is 0.849. The van der Waals surface area contributed by atoms with Crippen LogP contribution in [0.15, 0.2) is 54.6 Å². The first-order valence-corrected chi connectivity index (χ1v) is 15.4. The average molecular weight is 540 g/mol. The van der Waals surface area contributed by atoms with Crippen LogP contribution in [0.5, 0.6) is 0 Å². The molecule has 0 saturated carbocycles. The third-order valence-electron chi connectivity index (χ3n) is 8.82. The first-order chi connectivity index (χ1) is 19.7. The van der Waals surface area contributed by atoms with E-state index in [1.807, 2.05) is 0 Å². The van der Waals surface area contributed by atoms with Crippen molar-refractivity contribution in [3.05, 3.63) is 71.4 Å². The molecule has 3 aromatic rings. The number of likely N-dealkylation sites (tertiary alicyclic amines) is 1. The normalized spacial score (nSPS) is 19.0. The standard InChI is InChI=1S/C33H45N7/c1-37-22-24-40(25-23-37)29-12-10-28(11-13-29)32-35-31-15-21-39(26-27-8-3-2-4-9-27)20-14-30(31)33(36-32)34-16-7-19-38-17-5-6-18-38/h2-4,8-13H,5-7,14-26H2,1H3,(H,34,35,36). The molecular weight excluding hydrogens is 494 g/mol. The zero-order chi connectivity index (χ0) is 27.1. The average Bonchev–Trinajstić information content (AvgIpc) is 3.43. The summed E-state index contributed by atoms with van der Waals surface area (Å²) in [5.74, 6) is 1.90. The highest BCUT2D eigenvalue weighted by Gasteiger charge is 2.22. The highest BCUT2D eigenvalue weighted by atomic mass is 15.2. The minimum Gasteiger partial charge on any atom is -0.370 e. The van der Waals surface area contributed by atoms with Crippen molar-refractivity contribution in [1.82, 2.24) is 24.7 Å². The van der Waals surface area contributed by atoms with Crippen molar-refractivity contribution >= 4 is 11.5 Å². The van der Waals surface area contributed by atoms with Crippen LogP contribution in [-0.4, -0.2) is 97.2 Å².